The van der Waals surface area contributed by atoms with Gasteiger partial charge in [0.05, 0.1) is 6.04 Å². The maximum Gasteiger partial charge on any atom is 0.225 e. The highest BCUT2D eigenvalue weighted by Gasteiger charge is 2.33. The van der Waals surface area contributed by atoms with Crippen LogP contribution in [0.4, 0.5) is 11.8 Å². The van der Waals surface area contributed by atoms with Gasteiger partial charge < -0.3 is 9.80 Å². The van der Waals surface area contributed by atoms with E-state index in [2.05, 4.69) is 34.9 Å². The number of nitrogens with zero attached hydrogens (tertiary/aromatic N) is 8. The van der Waals surface area contributed by atoms with Crippen LogP contribution in [0.5, 0.6) is 0 Å². The Morgan fingerprint density at radius 3 is 2.73 bits per heavy atom. The summed E-state index contributed by atoms with van der Waals surface area (Å²) >= 11 is 0. The standard InChI is InChI=1S/C14H16N8/c1-10-5-16-14(17-6-10)20(2)11-7-22(8-11)12-13-19-18-9-21(13)4-3-15-12/h3-6,9,11H,7-8H2,1-2H3. The summed E-state index contributed by atoms with van der Waals surface area (Å²) < 4.78 is 1.88. The molecule has 0 atom stereocenters. The molecule has 1 aliphatic rings. The summed E-state index contributed by atoms with van der Waals surface area (Å²) in [5, 5.41) is 8.06. The third kappa shape index (κ3) is 2.03. The van der Waals surface area contributed by atoms with Crippen molar-refractivity contribution in [3.05, 3.63) is 36.7 Å². The van der Waals surface area contributed by atoms with Crippen LogP contribution in [0.3, 0.4) is 0 Å². The second-order valence-corrected chi connectivity index (χ2v) is 5.54. The minimum atomic E-state index is 0.368. The van der Waals surface area contributed by atoms with Crippen LogP contribution in [0.1, 0.15) is 5.56 Å². The lowest BCUT2D eigenvalue weighted by Crippen LogP contribution is -2.59. The van der Waals surface area contributed by atoms with E-state index >= 15 is 0 Å². The molecule has 4 heterocycles. The van der Waals surface area contributed by atoms with Gasteiger partial charge in [-0.3, -0.25) is 4.40 Å². The first kappa shape index (κ1) is 12.9. The van der Waals surface area contributed by atoms with Gasteiger partial charge in [0.1, 0.15) is 6.33 Å². The smallest absolute Gasteiger partial charge is 0.225 e. The molecule has 1 fully saturated rings. The number of anilines is 2. The van der Waals surface area contributed by atoms with Crippen LogP contribution < -0.4 is 9.80 Å². The molecule has 0 amide bonds. The Hall–Kier alpha value is -2.77. The Morgan fingerprint density at radius 1 is 1.18 bits per heavy atom. The molecule has 0 spiro atoms. The molecular formula is C14H16N8. The van der Waals surface area contributed by atoms with Crippen LogP contribution in [0.2, 0.25) is 0 Å². The summed E-state index contributed by atoms with van der Waals surface area (Å²) in [5.74, 6) is 1.62. The summed E-state index contributed by atoms with van der Waals surface area (Å²) in [7, 11) is 2.03. The van der Waals surface area contributed by atoms with E-state index in [1.165, 1.54) is 0 Å². The molecule has 0 unspecified atom stereocenters. The summed E-state index contributed by atoms with van der Waals surface area (Å²) in [5.41, 5.74) is 1.85. The highest BCUT2D eigenvalue weighted by molar-refractivity contribution is 5.65. The molecule has 112 valence electrons. The van der Waals surface area contributed by atoms with Crippen molar-refractivity contribution in [3.63, 3.8) is 0 Å². The average Bonchev–Trinajstić information content (AvgIpc) is 2.95. The van der Waals surface area contributed by atoms with Crippen molar-refractivity contribution in [1.82, 2.24) is 29.5 Å². The number of hydrogen-bond acceptors (Lipinski definition) is 7. The van der Waals surface area contributed by atoms with Crippen molar-refractivity contribution >= 4 is 17.4 Å². The molecule has 8 nitrogen and oxygen atoms in total. The molecule has 0 N–H and O–H groups in total. The monoisotopic (exact) mass is 296 g/mol. The quantitative estimate of drug-likeness (QED) is 0.698. The number of fused-ring (bicyclic) bond motifs is 1. The minimum absolute atomic E-state index is 0.368. The van der Waals surface area contributed by atoms with Gasteiger partial charge in [-0.25, -0.2) is 15.0 Å². The molecule has 3 aromatic heterocycles. The molecule has 0 bridgehead atoms. The SMILES string of the molecule is Cc1cnc(N(C)C2CN(c3nccn4cnnc34)C2)nc1. The summed E-state index contributed by atoms with van der Waals surface area (Å²) in [4.78, 5) is 17.5. The molecule has 22 heavy (non-hydrogen) atoms. The fraction of sp³-hybridized carbons (Fsp3) is 0.357. The maximum atomic E-state index is 4.43. The molecule has 0 aromatic carbocycles. The number of hydrogen-bond donors (Lipinski definition) is 0. The lowest BCUT2D eigenvalue weighted by molar-refractivity contribution is 0.487. The molecule has 0 saturated carbocycles. The summed E-state index contributed by atoms with van der Waals surface area (Å²) in [6, 6.07) is 0.368. The van der Waals surface area contributed by atoms with E-state index in [9.17, 15) is 0 Å². The van der Waals surface area contributed by atoms with Crippen LogP contribution in [0.15, 0.2) is 31.1 Å². The molecule has 8 heteroatoms. The van der Waals surface area contributed by atoms with Gasteiger partial charge in [-0.2, -0.15) is 0 Å². The molecule has 4 rings (SSSR count). The predicted octanol–water partition coefficient (Wildman–Crippen LogP) is 0.548. The van der Waals surface area contributed by atoms with Crippen LogP contribution >= 0.6 is 0 Å². The third-order valence-electron chi connectivity index (χ3n) is 3.99. The fourth-order valence-corrected chi connectivity index (χ4v) is 2.57. The van der Waals surface area contributed by atoms with Gasteiger partial charge in [-0.05, 0) is 12.5 Å². The van der Waals surface area contributed by atoms with Crippen LogP contribution in [0.25, 0.3) is 5.65 Å². The maximum absolute atomic E-state index is 4.43. The molecule has 1 aliphatic heterocycles. The summed E-state index contributed by atoms with van der Waals surface area (Å²) in [6.07, 6.45) is 8.99. The van der Waals surface area contributed by atoms with E-state index in [0.29, 0.717) is 6.04 Å². The topological polar surface area (TPSA) is 75.3 Å². The van der Waals surface area contributed by atoms with Crippen molar-refractivity contribution < 1.29 is 0 Å². The highest BCUT2D eigenvalue weighted by Crippen LogP contribution is 2.25. The molecule has 0 radical (unpaired) electrons. The van der Waals surface area contributed by atoms with E-state index in [4.69, 9.17) is 0 Å². The largest absolute Gasteiger partial charge is 0.349 e. The number of likely N-dealkylation sites (N-methyl/N-ethyl adjacent to an activating group) is 1. The van der Waals surface area contributed by atoms with Crippen molar-refractivity contribution in [2.75, 3.05) is 29.9 Å². The Bertz CT molecular complexity index is 790. The van der Waals surface area contributed by atoms with E-state index in [-0.39, 0.29) is 0 Å². The zero-order valence-electron chi connectivity index (χ0n) is 12.5. The average molecular weight is 296 g/mol. The summed E-state index contributed by atoms with van der Waals surface area (Å²) in [6.45, 7) is 3.72. The second kappa shape index (κ2) is 4.90. The van der Waals surface area contributed by atoms with E-state index in [1.54, 1.807) is 12.5 Å². The lowest BCUT2D eigenvalue weighted by Gasteiger charge is -2.44. The zero-order valence-corrected chi connectivity index (χ0v) is 12.5. The number of aryl methyl sites for hydroxylation is 1. The van der Waals surface area contributed by atoms with Crippen LogP contribution in [-0.2, 0) is 0 Å². The Morgan fingerprint density at radius 2 is 1.95 bits per heavy atom. The van der Waals surface area contributed by atoms with E-state index in [0.717, 1.165) is 36.1 Å². The van der Waals surface area contributed by atoms with E-state index < -0.39 is 0 Å². The Kier molecular flexibility index (Phi) is 2.88. The van der Waals surface area contributed by atoms with Crippen molar-refractivity contribution in [2.24, 2.45) is 0 Å². The fourth-order valence-electron chi connectivity index (χ4n) is 2.57. The van der Waals surface area contributed by atoms with Crippen LogP contribution in [0, 0.1) is 6.92 Å². The zero-order chi connectivity index (χ0) is 15.1. The van der Waals surface area contributed by atoms with Gasteiger partial charge in [0, 0.05) is 44.9 Å². The lowest BCUT2D eigenvalue weighted by atomic mass is 10.1. The third-order valence-corrected chi connectivity index (χ3v) is 3.99. The molecule has 1 saturated heterocycles. The Labute approximate surface area is 127 Å². The minimum Gasteiger partial charge on any atom is -0.349 e. The first-order valence-electron chi connectivity index (χ1n) is 7.13. The van der Waals surface area contributed by atoms with Crippen LogP contribution in [-0.4, -0.2) is 55.7 Å². The molecule has 3 aromatic rings. The Balaban J connectivity index is 1.49. The van der Waals surface area contributed by atoms with Gasteiger partial charge in [0.2, 0.25) is 11.6 Å². The van der Waals surface area contributed by atoms with Gasteiger partial charge in [0.15, 0.2) is 5.82 Å². The second-order valence-electron chi connectivity index (χ2n) is 5.54. The first-order chi connectivity index (χ1) is 10.7. The van der Waals surface area contributed by atoms with Crippen molar-refractivity contribution in [3.8, 4) is 0 Å². The highest BCUT2D eigenvalue weighted by atomic mass is 15.4. The number of aromatic nitrogens is 6. The van der Waals surface area contributed by atoms with Crippen molar-refractivity contribution in [2.45, 2.75) is 13.0 Å². The number of rotatable bonds is 3. The van der Waals surface area contributed by atoms with Crippen molar-refractivity contribution in [1.29, 1.82) is 0 Å². The molecular weight excluding hydrogens is 280 g/mol. The normalized spacial score (nSPS) is 15.1. The predicted molar refractivity (Wildman–Crippen MR) is 82.0 cm³/mol. The van der Waals surface area contributed by atoms with Gasteiger partial charge in [-0.15, -0.1) is 10.2 Å². The van der Waals surface area contributed by atoms with Gasteiger partial charge in [0.25, 0.3) is 0 Å². The van der Waals surface area contributed by atoms with Gasteiger partial charge in [-0.1, -0.05) is 0 Å². The molecule has 0 aliphatic carbocycles. The van der Waals surface area contributed by atoms with E-state index in [1.807, 2.05) is 37.0 Å². The first-order valence-corrected chi connectivity index (χ1v) is 7.13. The van der Waals surface area contributed by atoms with Gasteiger partial charge >= 0.3 is 0 Å².